The molecular weight excluding hydrogens is 236 g/mol. The first-order chi connectivity index (χ1) is 9.31. The third-order valence-corrected chi connectivity index (χ3v) is 3.51. The minimum Gasteiger partial charge on any atom is -0.495 e. The summed E-state index contributed by atoms with van der Waals surface area (Å²) in [6, 6.07) is 16.1. The molecule has 0 fully saturated rings. The molecule has 4 rings (SSSR count). The largest absolute Gasteiger partial charge is 0.495 e. The molecule has 19 heavy (non-hydrogen) atoms. The number of rotatable bonds is 1. The molecular formula is C16H12N2O. The van der Waals surface area contributed by atoms with Crippen molar-refractivity contribution in [3.05, 3.63) is 54.7 Å². The number of para-hydroxylation sites is 1. The Balaban J connectivity index is 1.98. The van der Waals surface area contributed by atoms with Crippen molar-refractivity contribution >= 4 is 21.8 Å². The molecule has 3 heteroatoms. The van der Waals surface area contributed by atoms with Gasteiger partial charge in [-0.25, -0.2) is 0 Å². The maximum Gasteiger partial charge on any atom is 0.189 e. The maximum absolute atomic E-state index is 9.49. The number of aromatic amines is 2. The van der Waals surface area contributed by atoms with Gasteiger partial charge in [-0.3, -0.25) is 0 Å². The van der Waals surface area contributed by atoms with Gasteiger partial charge in [0.05, 0.1) is 0 Å². The highest BCUT2D eigenvalue weighted by Crippen LogP contribution is 2.31. The summed E-state index contributed by atoms with van der Waals surface area (Å²) in [6.45, 7) is 0. The van der Waals surface area contributed by atoms with Crippen LogP contribution in [0.2, 0.25) is 0 Å². The second kappa shape index (κ2) is 3.65. The zero-order valence-corrected chi connectivity index (χ0v) is 10.1. The van der Waals surface area contributed by atoms with Crippen molar-refractivity contribution in [3.63, 3.8) is 0 Å². The summed E-state index contributed by atoms with van der Waals surface area (Å²) in [5.74, 6) is 0.200. The molecule has 0 amide bonds. The van der Waals surface area contributed by atoms with Crippen molar-refractivity contribution in [2.45, 2.75) is 0 Å². The highest BCUT2D eigenvalue weighted by atomic mass is 16.3. The molecule has 0 saturated carbocycles. The van der Waals surface area contributed by atoms with Crippen molar-refractivity contribution in [1.82, 2.24) is 9.97 Å². The molecule has 3 N–H and O–H groups in total. The summed E-state index contributed by atoms with van der Waals surface area (Å²) >= 11 is 0. The summed E-state index contributed by atoms with van der Waals surface area (Å²) < 4.78 is 0. The first kappa shape index (κ1) is 10.3. The van der Waals surface area contributed by atoms with E-state index in [9.17, 15) is 5.11 Å². The molecule has 0 radical (unpaired) electrons. The minimum atomic E-state index is 0.200. The molecule has 92 valence electrons. The van der Waals surface area contributed by atoms with Gasteiger partial charge in [0.15, 0.2) is 5.88 Å². The van der Waals surface area contributed by atoms with E-state index in [-0.39, 0.29) is 5.88 Å². The summed E-state index contributed by atoms with van der Waals surface area (Å²) in [7, 11) is 0. The zero-order chi connectivity index (χ0) is 12.8. The SMILES string of the molecule is Oc1cc2cc(-c3c[nH]c4ccccc34)ccc2[nH]1. The molecule has 4 aromatic rings. The Morgan fingerprint density at radius 3 is 2.74 bits per heavy atom. The normalized spacial score (nSPS) is 11.4. The third-order valence-electron chi connectivity index (χ3n) is 3.51. The van der Waals surface area contributed by atoms with Crippen LogP contribution in [0.15, 0.2) is 54.7 Å². The van der Waals surface area contributed by atoms with Crippen molar-refractivity contribution in [2.24, 2.45) is 0 Å². The van der Waals surface area contributed by atoms with Crippen LogP contribution in [-0.2, 0) is 0 Å². The second-order valence-electron chi connectivity index (χ2n) is 4.70. The molecule has 0 unspecified atom stereocenters. The van der Waals surface area contributed by atoms with Gasteiger partial charge in [0.1, 0.15) is 0 Å². The maximum atomic E-state index is 9.49. The van der Waals surface area contributed by atoms with E-state index in [1.807, 2.05) is 24.4 Å². The Morgan fingerprint density at radius 1 is 0.895 bits per heavy atom. The van der Waals surface area contributed by atoms with Crippen LogP contribution in [0.5, 0.6) is 5.88 Å². The Kier molecular flexibility index (Phi) is 1.97. The number of H-pyrrole nitrogens is 2. The Hall–Kier alpha value is -2.68. The van der Waals surface area contributed by atoms with E-state index in [4.69, 9.17) is 0 Å². The fourth-order valence-corrected chi connectivity index (χ4v) is 2.60. The highest BCUT2D eigenvalue weighted by Gasteiger charge is 2.07. The standard InChI is InChI=1S/C16H12N2O/c19-16-8-11-7-10(5-6-14(11)18-16)13-9-17-15-4-2-1-3-12(13)15/h1-9,17-19H. The Bertz CT molecular complexity index is 886. The lowest BCUT2D eigenvalue weighted by molar-refractivity contribution is 0.458. The predicted molar refractivity (Wildman–Crippen MR) is 77.3 cm³/mol. The van der Waals surface area contributed by atoms with E-state index in [2.05, 4.69) is 34.2 Å². The lowest BCUT2D eigenvalue weighted by atomic mass is 10.0. The number of fused-ring (bicyclic) bond motifs is 2. The molecule has 0 spiro atoms. The molecule has 0 aliphatic heterocycles. The number of benzene rings is 2. The summed E-state index contributed by atoms with van der Waals surface area (Å²) in [5.41, 5.74) is 4.40. The van der Waals surface area contributed by atoms with Crippen molar-refractivity contribution in [2.75, 3.05) is 0 Å². The monoisotopic (exact) mass is 248 g/mol. The molecule has 3 nitrogen and oxygen atoms in total. The Labute approximate surface area is 109 Å². The molecule has 0 aliphatic rings. The fourth-order valence-electron chi connectivity index (χ4n) is 2.60. The third kappa shape index (κ3) is 1.52. The lowest BCUT2D eigenvalue weighted by Crippen LogP contribution is -1.75. The van der Waals surface area contributed by atoms with E-state index in [1.165, 1.54) is 10.9 Å². The summed E-state index contributed by atoms with van der Waals surface area (Å²) in [6.07, 6.45) is 2.03. The van der Waals surface area contributed by atoms with E-state index < -0.39 is 0 Å². The number of aromatic nitrogens is 2. The number of nitrogens with one attached hydrogen (secondary N) is 2. The van der Waals surface area contributed by atoms with E-state index in [0.717, 1.165) is 22.0 Å². The molecule has 2 aromatic heterocycles. The van der Waals surface area contributed by atoms with Gasteiger partial charge >= 0.3 is 0 Å². The van der Waals surface area contributed by atoms with Gasteiger partial charge in [0, 0.05) is 39.6 Å². The first-order valence-corrected chi connectivity index (χ1v) is 6.19. The van der Waals surface area contributed by atoms with Crippen LogP contribution in [0.4, 0.5) is 0 Å². The predicted octanol–water partition coefficient (Wildman–Crippen LogP) is 4.02. The lowest BCUT2D eigenvalue weighted by Gasteiger charge is -2.00. The molecule has 2 heterocycles. The van der Waals surface area contributed by atoms with Gasteiger partial charge in [0.2, 0.25) is 0 Å². The molecule has 0 bridgehead atoms. The quantitative estimate of drug-likeness (QED) is 0.468. The van der Waals surface area contributed by atoms with Gasteiger partial charge in [0.25, 0.3) is 0 Å². The number of aromatic hydroxyl groups is 1. The van der Waals surface area contributed by atoms with Gasteiger partial charge < -0.3 is 15.1 Å². The number of hydrogen-bond donors (Lipinski definition) is 3. The van der Waals surface area contributed by atoms with Gasteiger partial charge in [-0.2, -0.15) is 0 Å². The molecule has 2 aromatic carbocycles. The van der Waals surface area contributed by atoms with Crippen molar-refractivity contribution < 1.29 is 5.11 Å². The first-order valence-electron chi connectivity index (χ1n) is 6.19. The van der Waals surface area contributed by atoms with Gasteiger partial charge in [-0.15, -0.1) is 0 Å². The van der Waals surface area contributed by atoms with Gasteiger partial charge in [-0.05, 0) is 23.8 Å². The Morgan fingerprint density at radius 2 is 1.79 bits per heavy atom. The topological polar surface area (TPSA) is 51.8 Å². The molecule has 0 aliphatic carbocycles. The average molecular weight is 248 g/mol. The summed E-state index contributed by atoms with van der Waals surface area (Å²) in [5, 5.41) is 11.7. The van der Waals surface area contributed by atoms with Crippen LogP contribution in [-0.4, -0.2) is 15.1 Å². The minimum absolute atomic E-state index is 0.200. The summed E-state index contributed by atoms with van der Waals surface area (Å²) in [4.78, 5) is 6.20. The van der Waals surface area contributed by atoms with Crippen molar-refractivity contribution in [3.8, 4) is 17.0 Å². The van der Waals surface area contributed by atoms with E-state index in [1.54, 1.807) is 6.07 Å². The zero-order valence-electron chi connectivity index (χ0n) is 10.1. The fraction of sp³-hybridized carbons (Fsp3) is 0. The van der Waals surface area contributed by atoms with Crippen LogP contribution < -0.4 is 0 Å². The van der Waals surface area contributed by atoms with E-state index >= 15 is 0 Å². The highest BCUT2D eigenvalue weighted by molar-refractivity contribution is 5.97. The average Bonchev–Trinajstić information content (AvgIpc) is 2.99. The number of hydrogen-bond acceptors (Lipinski definition) is 1. The smallest absolute Gasteiger partial charge is 0.189 e. The van der Waals surface area contributed by atoms with Crippen molar-refractivity contribution in [1.29, 1.82) is 0 Å². The van der Waals surface area contributed by atoms with E-state index in [0.29, 0.717) is 0 Å². The second-order valence-corrected chi connectivity index (χ2v) is 4.70. The van der Waals surface area contributed by atoms with Crippen LogP contribution in [0, 0.1) is 0 Å². The van der Waals surface area contributed by atoms with Gasteiger partial charge in [-0.1, -0.05) is 24.3 Å². The van der Waals surface area contributed by atoms with Crippen LogP contribution in [0.25, 0.3) is 32.9 Å². The van der Waals surface area contributed by atoms with Crippen LogP contribution >= 0.6 is 0 Å². The van der Waals surface area contributed by atoms with Crippen LogP contribution in [0.1, 0.15) is 0 Å². The van der Waals surface area contributed by atoms with Crippen LogP contribution in [0.3, 0.4) is 0 Å². The molecule has 0 atom stereocenters. The molecule has 0 saturated heterocycles.